The van der Waals surface area contributed by atoms with Crippen LogP contribution < -0.4 is 5.32 Å². The van der Waals surface area contributed by atoms with Crippen molar-refractivity contribution in [2.75, 3.05) is 5.32 Å². The number of nitrogens with one attached hydrogen (secondary N) is 1. The molecule has 0 spiro atoms. The molecule has 1 aliphatic rings. The van der Waals surface area contributed by atoms with Crippen molar-refractivity contribution in [3.8, 4) is 0 Å². The van der Waals surface area contributed by atoms with E-state index in [-0.39, 0.29) is 16.5 Å². The molecule has 0 saturated heterocycles. The zero-order chi connectivity index (χ0) is 14.8. The second-order valence-electron chi connectivity index (χ2n) is 4.85. The summed E-state index contributed by atoms with van der Waals surface area (Å²) in [6.45, 7) is 0. The number of carboxylic acid groups (broad SMARTS) is 1. The van der Waals surface area contributed by atoms with Gasteiger partial charge >= 0.3 is 5.97 Å². The van der Waals surface area contributed by atoms with Gasteiger partial charge in [0.15, 0.2) is 0 Å². The lowest BCUT2D eigenvalue weighted by Gasteiger charge is -2.34. The van der Waals surface area contributed by atoms with Gasteiger partial charge in [0.25, 0.3) is 5.69 Å². The van der Waals surface area contributed by atoms with E-state index in [2.05, 4.69) is 10.3 Å². The predicted molar refractivity (Wildman–Crippen MR) is 73.0 cm³/mol. The van der Waals surface area contributed by atoms with Gasteiger partial charge in [-0.1, -0.05) is 30.9 Å². The number of aromatic nitrogens is 1. The van der Waals surface area contributed by atoms with Gasteiger partial charge < -0.3 is 10.4 Å². The molecule has 7 nitrogen and oxygen atoms in total. The maximum atomic E-state index is 11.5. The normalized spacial score (nSPS) is 17.4. The van der Waals surface area contributed by atoms with Crippen molar-refractivity contribution in [3.63, 3.8) is 0 Å². The number of nitro groups is 1. The summed E-state index contributed by atoms with van der Waals surface area (Å²) in [5, 5.41) is 23.0. The van der Waals surface area contributed by atoms with Crippen LogP contribution in [0.25, 0.3) is 0 Å². The third-order valence-electron chi connectivity index (χ3n) is 3.51. The van der Waals surface area contributed by atoms with Crippen LogP contribution in [0.2, 0.25) is 5.02 Å². The topological polar surface area (TPSA) is 105 Å². The monoisotopic (exact) mass is 299 g/mol. The number of carbonyl (C=O) groups is 1. The van der Waals surface area contributed by atoms with Crippen molar-refractivity contribution in [1.82, 2.24) is 4.98 Å². The van der Waals surface area contributed by atoms with Gasteiger partial charge in [0.05, 0.1) is 9.95 Å². The summed E-state index contributed by atoms with van der Waals surface area (Å²) in [6, 6.07) is 1.16. The smallest absolute Gasteiger partial charge is 0.329 e. The maximum absolute atomic E-state index is 11.5. The lowest BCUT2D eigenvalue weighted by molar-refractivity contribution is -0.385. The van der Waals surface area contributed by atoms with Gasteiger partial charge in [0.2, 0.25) is 0 Å². The van der Waals surface area contributed by atoms with Crippen LogP contribution in [0.4, 0.5) is 11.5 Å². The van der Waals surface area contributed by atoms with Crippen LogP contribution in [0.1, 0.15) is 32.1 Å². The Hall–Kier alpha value is -1.89. The molecule has 1 saturated carbocycles. The van der Waals surface area contributed by atoms with Crippen molar-refractivity contribution in [2.45, 2.75) is 37.6 Å². The lowest BCUT2D eigenvalue weighted by atomic mass is 9.81. The summed E-state index contributed by atoms with van der Waals surface area (Å²) >= 11 is 5.94. The molecule has 2 N–H and O–H groups in total. The van der Waals surface area contributed by atoms with Crippen molar-refractivity contribution in [1.29, 1.82) is 0 Å². The van der Waals surface area contributed by atoms with Crippen LogP contribution >= 0.6 is 11.6 Å². The number of nitrogens with zero attached hydrogens (tertiary/aromatic N) is 2. The predicted octanol–water partition coefficient (Wildman–Crippen LogP) is 2.84. The Morgan fingerprint density at radius 2 is 2.10 bits per heavy atom. The first-order valence-corrected chi connectivity index (χ1v) is 6.64. The number of pyridine rings is 1. The Labute approximate surface area is 120 Å². The highest BCUT2D eigenvalue weighted by Crippen LogP contribution is 2.34. The Balaban J connectivity index is 2.27. The Morgan fingerprint density at radius 1 is 1.45 bits per heavy atom. The lowest BCUT2D eigenvalue weighted by Crippen LogP contribution is -2.48. The van der Waals surface area contributed by atoms with Crippen LogP contribution in [0.15, 0.2) is 12.3 Å². The number of aliphatic carboxylic acids is 1. The van der Waals surface area contributed by atoms with Gasteiger partial charge in [0, 0.05) is 6.07 Å². The van der Waals surface area contributed by atoms with Gasteiger partial charge in [0.1, 0.15) is 17.6 Å². The Kier molecular flexibility index (Phi) is 4.08. The third-order valence-corrected chi connectivity index (χ3v) is 3.80. The molecule has 0 amide bonds. The highest BCUT2D eigenvalue weighted by atomic mass is 35.5. The van der Waals surface area contributed by atoms with Crippen molar-refractivity contribution in [2.24, 2.45) is 0 Å². The Morgan fingerprint density at radius 3 is 2.60 bits per heavy atom. The van der Waals surface area contributed by atoms with E-state index in [0.29, 0.717) is 12.8 Å². The van der Waals surface area contributed by atoms with E-state index >= 15 is 0 Å². The quantitative estimate of drug-likeness (QED) is 0.654. The zero-order valence-corrected chi connectivity index (χ0v) is 11.4. The second-order valence-corrected chi connectivity index (χ2v) is 5.26. The van der Waals surface area contributed by atoms with Crippen molar-refractivity contribution in [3.05, 3.63) is 27.4 Å². The first-order valence-electron chi connectivity index (χ1n) is 6.26. The van der Waals surface area contributed by atoms with E-state index < -0.39 is 16.4 Å². The minimum absolute atomic E-state index is 0.0467. The maximum Gasteiger partial charge on any atom is 0.329 e. The van der Waals surface area contributed by atoms with Gasteiger partial charge in [-0.25, -0.2) is 9.78 Å². The van der Waals surface area contributed by atoms with Crippen molar-refractivity contribution < 1.29 is 14.8 Å². The molecule has 0 unspecified atom stereocenters. The molecule has 0 bridgehead atoms. The summed E-state index contributed by atoms with van der Waals surface area (Å²) in [4.78, 5) is 25.4. The summed E-state index contributed by atoms with van der Waals surface area (Å²) in [7, 11) is 0. The SMILES string of the molecule is O=C(O)C1(Nc2ncc([N+](=O)[O-])cc2Cl)CCCCC1. The summed E-state index contributed by atoms with van der Waals surface area (Å²) in [5.41, 5.74) is -1.32. The number of hydrogen-bond donors (Lipinski definition) is 2. The molecule has 1 heterocycles. The molecular weight excluding hydrogens is 286 g/mol. The third kappa shape index (κ3) is 2.82. The minimum atomic E-state index is -1.09. The van der Waals surface area contributed by atoms with E-state index in [1.807, 2.05) is 0 Å². The zero-order valence-electron chi connectivity index (χ0n) is 10.6. The molecule has 1 fully saturated rings. The first-order chi connectivity index (χ1) is 9.44. The van der Waals surface area contributed by atoms with E-state index in [4.69, 9.17) is 11.6 Å². The summed E-state index contributed by atoms with van der Waals surface area (Å²) in [5.74, 6) is -0.782. The molecular formula is C12H14ClN3O4. The fourth-order valence-electron chi connectivity index (χ4n) is 2.39. The standard InChI is InChI=1S/C12H14ClN3O4/c13-9-6-8(16(19)20)7-14-10(9)15-12(11(17)18)4-2-1-3-5-12/h6-7H,1-5H2,(H,14,15)(H,17,18). The van der Waals surface area contributed by atoms with E-state index in [1.165, 1.54) is 0 Å². The number of anilines is 1. The number of rotatable bonds is 4. The van der Waals surface area contributed by atoms with Crippen LogP contribution in [0, 0.1) is 10.1 Å². The number of halogens is 1. The molecule has 0 aliphatic heterocycles. The molecule has 108 valence electrons. The first kappa shape index (κ1) is 14.5. The number of hydrogen-bond acceptors (Lipinski definition) is 5. The molecule has 1 aromatic rings. The highest BCUT2D eigenvalue weighted by molar-refractivity contribution is 6.33. The Bertz CT molecular complexity index is 544. The fourth-order valence-corrected chi connectivity index (χ4v) is 2.60. The average Bonchev–Trinajstić information content (AvgIpc) is 2.41. The largest absolute Gasteiger partial charge is 0.480 e. The highest BCUT2D eigenvalue weighted by Gasteiger charge is 2.40. The van der Waals surface area contributed by atoms with Gasteiger partial charge in [-0.3, -0.25) is 10.1 Å². The van der Waals surface area contributed by atoms with Crippen molar-refractivity contribution >= 4 is 29.1 Å². The van der Waals surface area contributed by atoms with Gasteiger partial charge in [-0.15, -0.1) is 0 Å². The minimum Gasteiger partial charge on any atom is -0.480 e. The molecule has 1 aliphatic carbocycles. The molecule has 20 heavy (non-hydrogen) atoms. The van der Waals surface area contributed by atoms with Crippen LogP contribution in [0.3, 0.4) is 0 Å². The fraction of sp³-hybridized carbons (Fsp3) is 0.500. The summed E-state index contributed by atoms with van der Waals surface area (Å²) < 4.78 is 0. The molecule has 1 aromatic heterocycles. The van der Waals surface area contributed by atoms with Gasteiger partial charge in [-0.2, -0.15) is 0 Å². The molecule has 8 heteroatoms. The second kappa shape index (κ2) is 5.62. The number of carboxylic acids is 1. The van der Waals surface area contributed by atoms with E-state index in [1.54, 1.807) is 0 Å². The van der Waals surface area contributed by atoms with Crippen LogP contribution in [-0.2, 0) is 4.79 Å². The summed E-state index contributed by atoms with van der Waals surface area (Å²) in [6.07, 6.45) is 4.65. The molecule has 0 aromatic carbocycles. The molecule has 0 atom stereocenters. The average molecular weight is 300 g/mol. The van der Waals surface area contributed by atoms with Crippen LogP contribution in [0.5, 0.6) is 0 Å². The molecule has 0 radical (unpaired) electrons. The van der Waals surface area contributed by atoms with Gasteiger partial charge in [-0.05, 0) is 12.8 Å². The van der Waals surface area contributed by atoms with E-state index in [9.17, 15) is 20.0 Å². The van der Waals surface area contributed by atoms with Crippen LogP contribution in [-0.4, -0.2) is 26.5 Å². The van der Waals surface area contributed by atoms with E-state index in [0.717, 1.165) is 31.5 Å². The molecule has 2 rings (SSSR count).